The molecule has 0 spiro atoms. The maximum Gasteiger partial charge on any atom is 0.134 e. The molecule has 0 saturated carbocycles. The molecule has 17 heavy (non-hydrogen) atoms. The van der Waals surface area contributed by atoms with Crippen LogP contribution >= 0.6 is 34.5 Å². The lowest BCUT2D eigenvalue weighted by Gasteiger charge is -2.04. The summed E-state index contributed by atoms with van der Waals surface area (Å²) in [5, 5.41) is 13.0. The first-order valence-electron chi connectivity index (χ1n) is 5.07. The van der Waals surface area contributed by atoms with Gasteiger partial charge in [0, 0.05) is 18.0 Å². The SMILES string of the molecule is Oc1ccc(CNCc2ccc(Cl)s2)cc1Cl. The molecule has 0 aliphatic heterocycles. The molecule has 1 heterocycles. The summed E-state index contributed by atoms with van der Waals surface area (Å²) in [6.07, 6.45) is 0. The second-order valence-electron chi connectivity index (χ2n) is 3.60. The first-order valence-corrected chi connectivity index (χ1v) is 6.65. The molecule has 0 radical (unpaired) electrons. The van der Waals surface area contributed by atoms with E-state index in [1.54, 1.807) is 23.5 Å². The predicted molar refractivity (Wildman–Crippen MR) is 73.0 cm³/mol. The van der Waals surface area contributed by atoms with E-state index in [1.807, 2.05) is 18.2 Å². The van der Waals surface area contributed by atoms with Gasteiger partial charge in [-0.1, -0.05) is 29.3 Å². The minimum absolute atomic E-state index is 0.112. The number of thiophene rings is 1. The number of hydrogen-bond acceptors (Lipinski definition) is 3. The number of benzene rings is 1. The summed E-state index contributed by atoms with van der Waals surface area (Å²) in [5.41, 5.74) is 1.04. The smallest absolute Gasteiger partial charge is 0.134 e. The summed E-state index contributed by atoms with van der Waals surface area (Å²) >= 11 is 13.2. The van der Waals surface area contributed by atoms with E-state index in [4.69, 9.17) is 23.2 Å². The normalized spacial score (nSPS) is 10.7. The maximum absolute atomic E-state index is 9.28. The molecule has 2 N–H and O–H groups in total. The van der Waals surface area contributed by atoms with E-state index in [9.17, 15) is 5.11 Å². The molecule has 0 atom stereocenters. The van der Waals surface area contributed by atoms with Crippen molar-refractivity contribution < 1.29 is 5.11 Å². The van der Waals surface area contributed by atoms with Crippen LogP contribution in [-0.2, 0) is 13.1 Å². The fourth-order valence-electron chi connectivity index (χ4n) is 1.44. The van der Waals surface area contributed by atoms with E-state index in [0.29, 0.717) is 11.6 Å². The third-order valence-electron chi connectivity index (χ3n) is 2.27. The molecule has 2 aromatic rings. The topological polar surface area (TPSA) is 32.3 Å². The molecule has 90 valence electrons. The van der Waals surface area contributed by atoms with Gasteiger partial charge in [0.15, 0.2) is 0 Å². The molecule has 0 aliphatic carbocycles. The van der Waals surface area contributed by atoms with Crippen LogP contribution in [0.5, 0.6) is 5.75 Å². The van der Waals surface area contributed by atoms with Gasteiger partial charge in [0.25, 0.3) is 0 Å². The molecule has 1 aromatic heterocycles. The van der Waals surface area contributed by atoms with Crippen molar-refractivity contribution in [1.29, 1.82) is 0 Å². The predicted octanol–water partition coefficient (Wildman–Crippen LogP) is 4.05. The van der Waals surface area contributed by atoms with Gasteiger partial charge in [-0.05, 0) is 29.8 Å². The summed E-state index contributed by atoms with van der Waals surface area (Å²) in [6.45, 7) is 1.48. The summed E-state index contributed by atoms with van der Waals surface area (Å²) in [4.78, 5) is 1.19. The third kappa shape index (κ3) is 3.61. The summed E-state index contributed by atoms with van der Waals surface area (Å²) < 4.78 is 0.800. The van der Waals surface area contributed by atoms with Gasteiger partial charge in [-0.15, -0.1) is 11.3 Å². The summed E-state index contributed by atoms with van der Waals surface area (Å²) in [6, 6.07) is 9.09. The van der Waals surface area contributed by atoms with Crippen molar-refractivity contribution in [2.75, 3.05) is 0 Å². The average molecular weight is 288 g/mol. The molecule has 0 saturated heterocycles. The Morgan fingerprint density at radius 1 is 1.12 bits per heavy atom. The number of aromatic hydroxyl groups is 1. The number of halogens is 2. The first kappa shape index (κ1) is 12.7. The first-order chi connectivity index (χ1) is 8.15. The largest absolute Gasteiger partial charge is 0.506 e. The van der Waals surface area contributed by atoms with Crippen LogP contribution in [0.3, 0.4) is 0 Å². The zero-order chi connectivity index (χ0) is 12.3. The zero-order valence-corrected chi connectivity index (χ0v) is 11.2. The van der Waals surface area contributed by atoms with Gasteiger partial charge in [0.2, 0.25) is 0 Å². The van der Waals surface area contributed by atoms with E-state index >= 15 is 0 Å². The Balaban J connectivity index is 1.87. The number of nitrogens with one attached hydrogen (secondary N) is 1. The van der Waals surface area contributed by atoms with Crippen molar-refractivity contribution in [2.45, 2.75) is 13.1 Å². The van der Waals surface area contributed by atoms with Crippen LogP contribution in [0.15, 0.2) is 30.3 Å². The average Bonchev–Trinajstić information content (AvgIpc) is 2.70. The molecular weight excluding hydrogens is 277 g/mol. The van der Waals surface area contributed by atoms with Gasteiger partial charge in [-0.3, -0.25) is 0 Å². The van der Waals surface area contributed by atoms with E-state index in [-0.39, 0.29) is 5.75 Å². The Morgan fingerprint density at radius 3 is 2.59 bits per heavy atom. The lowest BCUT2D eigenvalue weighted by Crippen LogP contribution is -2.11. The molecule has 0 amide bonds. The second kappa shape index (κ2) is 5.74. The minimum Gasteiger partial charge on any atom is -0.506 e. The van der Waals surface area contributed by atoms with E-state index in [2.05, 4.69) is 5.32 Å². The van der Waals surface area contributed by atoms with E-state index in [0.717, 1.165) is 16.4 Å². The monoisotopic (exact) mass is 287 g/mol. The Morgan fingerprint density at radius 2 is 1.94 bits per heavy atom. The molecule has 0 fully saturated rings. The second-order valence-corrected chi connectivity index (χ2v) is 5.80. The Bertz CT molecular complexity index is 513. The van der Waals surface area contributed by atoms with Crippen molar-refractivity contribution in [3.8, 4) is 5.75 Å². The van der Waals surface area contributed by atoms with Crippen LogP contribution in [0.25, 0.3) is 0 Å². The van der Waals surface area contributed by atoms with Gasteiger partial charge < -0.3 is 10.4 Å². The van der Waals surface area contributed by atoms with Crippen LogP contribution in [0.4, 0.5) is 0 Å². The molecule has 0 unspecified atom stereocenters. The minimum atomic E-state index is 0.112. The standard InChI is InChI=1S/C12H11Cl2NOS/c13-10-5-8(1-3-11(10)16)6-15-7-9-2-4-12(14)17-9/h1-5,15-16H,6-7H2. The molecule has 2 rings (SSSR count). The van der Waals surface area contributed by atoms with Gasteiger partial charge in [0.1, 0.15) is 5.75 Å². The van der Waals surface area contributed by atoms with Crippen LogP contribution < -0.4 is 5.32 Å². The van der Waals surface area contributed by atoms with Crippen molar-refractivity contribution >= 4 is 34.5 Å². The highest BCUT2D eigenvalue weighted by Gasteiger charge is 2.01. The summed E-state index contributed by atoms with van der Waals surface area (Å²) in [5.74, 6) is 0.112. The lowest BCUT2D eigenvalue weighted by atomic mass is 10.2. The van der Waals surface area contributed by atoms with Crippen molar-refractivity contribution in [2.24, 2.45) is 0 Å². The van der Waals surface area contributed by atoms with Gasteiger partial charge in [-0.2, -0.15) is 0 Å². The van der Waals surface area contributed by atoms with Gasteiger partial charge in [0.05, 0.1) is 9.36 Å². The van der Waals surface area contributed by atoms with Crippen LogP contribution in [-0.4, -0.2) is 5.11 Å². The Labute approximate surface area is 114 Å². The highest BCUT2D eigenvalue weighted by molar-refractivity contribution is 7.16. The molecule has 0 bridgehead atoms. The Kier molecular flexibility index (Phi) is 4.29. The molecule has 1 aromatic carbocycles. The van der Waals surface area contributed by atoms with Crippen LogP contribution in [0.2, 0.25) is 9.36 Å². The van der Waals surface area contributed by atoms with E-state index < -0.39 is 0 Å². The van der Waals surface area contributed by atoms with Crippen LogP contribution in [0, 0.1) is 0 Å². The van der Waals surface area contributed by atoms with Gasteiger partial charge in [-0.25, -0.2) is 0 Å². The zero-order valence-electron chi connectivity index (χ0n) is 8.91. The summed E-state index contributed by atoms with van der Waals surface area (Å²) in [7, 11) is 0. The van der Waals surface area contributed by atoms with Gasteiger partial charge >= 0.3 is 0 Å². The fraction of sp³-hybridized carbons (Fsp3) is 0.167. The molecule has 5 heteroatoms. The number of phenols is 1. The van der Waals surface area contributed by atoms with Crippen molar-refractivity contribution in [3.05, 3.63) is 50.1 Å². The molecule has 0 aliphatic rings. The number of phenolic OH excluding ortho intramolecular Hbond substituents is 1. The van der Waals surface area contributed by atoms with E-state index in [1.165, 1.54) is 4.88 Å². The highest BCUT2D eigenvalue weighted by atomic mass is 35.5. The number of hydrogen-bond donors (Lipinski definition) is 2. The van der Waals surface area contributed by atoms with Crippen molar-refractivity contribution in [1.82, 2.24) is 5.32 Å². The fourth-order valence-corrected chi connectivity index (χ4v) is 2.70. The maximum atomic E-state index is 9.28. The Hall–Kier alpha value is -0.740. The molecular formula is C12H11Cl2NOS. The lowest BCUT2D eigenvalue weighted by molar-refractivity contribution is 0.475. The van der Waals surface area contributed by atoms with Crippen molar-refractivity contribution in [3.63, 3.8) is 0 Å². The number of rotatable bonds is 4. The highest BCUT2D eigenvalue weighted by Crippen LogP contribution is 2.24. The quantitative estimate of drug-likeness (QED) is 0.889. The van der Waals surface area contributed by atoms with Crippen LogP contribution in [0.1, 0.15) is 10.4 Å². The molecule has 2 nitrogen and oxygen atoms in total. The third-order valence-corrected chi connectivity index (χ3v) is 3.80.